The van der Waals surface area contributed by atoms with Crippen LogP contribution in [0.5, 0.6) is 0 Å². The van der Waals surface area contributed by atoms with Crippen LogP contribution in [-0.2, 0) is 21.3 Å². The maximum Gasteiger partial charge on any atom is 0.244 e. The fourth-order valence-electron chi connectivity index (χ4n) is 2.43. The Hall–Kier alpha value is -0.470. The van der Waals surface area contributed by atoms with E-state index in [0.29, 0.717) is 30.6 Å². The highest BCUT2D eigenvalue weighted by molar-refractivity contribution is 7.89. The standard InChI is InChI=1S/C14H24N2O3S2/c1-11(2)15-10-13-14(6-9-20-13)21(17,18)16-7-4-12(19-3)5-8-16/h6,9,11-12,15H,4-5,7-8,10H2,1-3H3. The summed E-state index contributed by atoms with van der Waals surface area (Å²) in [6.45, 7) is 5.77. The number of methoxy groups -OCH3 is 1. The van der Waals surface area contributed by atoms with Crippen LogP contribution in [0.25, 0.3) is 0 Å². The second-order valence-corrected chi connectivity index (χ2v) is 8.49. The quantitative estimate of drug-likeness (QED) is 0.866. The van der Waals surface area contributed by atoms with Gasteiger partial charge in [0.05, 0.1) is 11.0 Å². The van der Waals surface area contributed by atoms with Crippen LogP contribution < -0.4 is 5.32 Å². The summed E-state index contributed by atoms with van der Waals surface area (Å²) < 4.78 is 32.4. The minimum absolute atomic E-state index is 0.181. The van der Waals surface area contributed by atoms with Crippen molar-refractivity contribution in [2.75, 3.05) is 20.2 Å². The molecule has 0 saturated carbocycles. The largest absolute Gasteiger partial charge is 0.381 e. The molecule has 5 nitrogen and oxygen atoms in total. The molecule has 2 heterocycles. The second-order valence-electron chi connectivity index (χ2n) is 5.58. The number of piperidine rings is 1. The summed E-state index contributed by atoms with van der Waals surface area (Å²) in [7, 11) is -1.70. The van der Waals surface area contributed by atoms with Crippen LogP contribution in [0.2, 0.25) is 0 Å². The van der Waals surface area contributed by atoms with Gasteiger partial charge in [0.15, 0.2) is 0 Å². The van der Waals surface area contributed by atoms with Gasteiger partial charge in [-0.25, -0.2) is 8.42 Å². The smallest absolute Gasteiger partial charge is 0.244 e. The lowest BCUT2D eigenvalue weighted by molar-refractivity contribution is 0.0604. The molecule has 1 aromatic heterocycles. The molecular formula is C14H24N2O3S2. The molecule has 1 fully saturated rings. The molecular weight excluding hydrogens is 308 g/mol. The zero-order valence-corrected chi connectivity index (χ0v) is 14.5. The Morgan fingerprint density at radius 1 is 1.43 bits per heavy atom. The lowest BCUT2D eigenvalue weighted by Gasteiger charge is -2.30. The second kappa shape index (κ2) is 7.19. The predicted octanol–water partition coefficient (Wildman–Crippen LogP) is 2.05. The summed E-state index contributed by atoms with van der Waals surface area (Å²) in [5.74, 6) is 0. The normalized spacial score (nSPS) is 18.5. The van der Waals surface area contributed by atoms with Crippen molar-refractivity contribution in [1.82, 2.24) is 9.62 Å². The Morgan fingerprint density at radius 2 is 2.10 bits per heavy atom. The van der Waals surface area contributed by atoms with E-state index in [1.54, 1.807) is 17.5 Å². The number of ether oxygens (including phenoxy) is 1. The average Bonchev–Trinajstić information content (AvgIpc) is 2.94. The van der Waals surface area contributed by atoms with Crippen molar-refractivity contribution in [2.24, 2.45) is 0 Å². The Balaban J connectivity index is 2.11. The molecule has 1 aromatic rings. The van der Waals surface area contributed by atoms with E-state index in [2.05, 4.69) is 19.2 Å². The summed E-state index contributed by atoms with van der Waals surface area (Å²) in [6.07, 6.45) is 1.71. The minimum atomic E-state index is -3.38. The lowest BCUT2D eigenvalue weighted by atomic mass is 10.1. The monoisotopic (exact) mass is 332 g/mol. The van der Waals surface area contributed by atoms with Gasteiger partial charge in [-0.15, -0.1) is 11.3 Å². The third-order valence-corrected chi connectivity index (χ3v) is 6.76. The molecule has 1 N–H and O–H groups in total. The fourth-order valence-corrected chi connectivity index (χ4v) is 5.27. The van der Waals surface area contributed by atoms with E-state index in [9.17, 15) is 8.42 Å². The molecule has 0 bridgehead atoms. The summed E-state index contributed by atoms with van der Waals surface area (Å²) in [5, 5.41) is 5.14. The maximum absolute atomic E-state index is 12.8. The first-order valence-corrected chi connectivity index (χ1v) is 9.59. The predicted molar refractivity (Wildman–Crippen MR) is 85.1 cm³/mol. The van der Waals surface area contributed by atoms with Gasteiger partial charge >= 0.3 is 0 Å². The molecule has 120 valence electrons. The number of nitrogens with one attached hydrogen (secondary N) is 1. The molecule has 21 heavy (non-hydrogen) atoms. The zero-order chi connectivity index (χ0) is 15.5. The van der Waals surface area contributed by atoms with Crippen LogP contribution in [0.3, 0.4) is 0 Å². The molecule has 2 rings (SSSR count). The van der Waals surface area contributed by atoms with Crippen LogP contribution in [-0.4, -0.2) is 45.1 Å². The SMILES string of the molecule is COC1CCN(S(=O)(=O)c2ccsc2CNC(C)C)CC1. The molecule has 7 heteroatoms. The summed E-state index contributed by atoms with van der Waals surface area (Å²) in [6, 6.07) is 2.06. The molecule has 1 saturated heterocycles. The van der Waals surface area contributed by atoms with E-state index in [0.717, 1.165) is 17.7 Å². The molecule has 1 aliphatic heterocycles. The molecule has 0 aliphatic carbocycles. The lowest BCUT2D eigenvalue weighted by Crippen LogP contribution is -2.40. The summed E-state index contributed by atoms with van der Waals surface area (Å²) in [4.78, 5) is 1.34. The first kappa shape index (κ1) is 16.9. The third kappa shape index (κ3) is 4.04. The fraction of sp³-hybridized carbons (Fsp3) is 0.714. The van der Waals surface area contributed by atoms with Crippen molar-refractivity contribution < 1.29 is 13.2 Å². The van der Waals surface area contributed by atoms with Crippen molar-refractivity contribution >= 4 is 21.4 Å². The highest BCUT2D eigenvalue weighted by Crippen LogP contribution is 2.27. The van der Waals surface area contributed by atoms with Crippen molar-refractivity contribution in [2.45, 2.75) is 50.3 Å². The highest BCUT2D eigenvalue weighted by Gasteiger charge is 2.31. The van der Waals surface area contributed by atoms with E-state index in [1.807, 2.05) is 5.38 Å². The number of thiophene rings is 1. The molecule has 0 aromatic carbocycles. The number of hydrogen-bond donors (Lipinski definition) is 1. The van der Waals surface area contributed by atoms with Crippen LogP contribution in [0.4, 0.5) is 0 Å². The molecule has 0 spiro atoms. The van der Waals surface area contributed by atoms with Gasteiger partial charge in [-0.2, -0.15) is 4.31 Å². The van der Waals surface area contributed by atoms with Crippen molar-refractivity contribution in [1.29, 1.82) is 0 Å². The first-order chi connectivity index (χ1) is 9.95. The van der Waals surface area contributed by atoms with Crippen LogP contribution in [0.1, 0.15) is 31.6 Å². The van der Waals surface area contributed by atoms with Crippen molar-refractivity contribution in [3.8, 4) is 0 Å². The summed E-state index contributed by atoms with van der Waals surface area (Å²) in [5.41, 5.74) is 0. The van der Waals surface area contributed by atoms with Crippen LogP contribution in [0, 0.1) is 0 Å². The molecule has 1 aliphatic rings. The van der Waals surface area contributed by atoms with Gasteiger partial charge in [-0.05, 0) is 24.3 Å². The summed E-state index contributed by atoms with van der Waals surface area (Å²) >= 11 is 1.49. The van der Waals surface area contributed by atoms with Gasteiger partial charge in [0.25, 0.3) is 0 Å². The Morgan fingerprint density at radius 3 is 2.67 bits per heavy atom. The van der Waals surface area contributed by atoms with E-state index >= 15 is 0 Å². The van der Waals surface area contributed by atoms with Crippen LogP contribution >= 0.6 is 11.3 Å². The number of hydrogen-bond acceptors (Lipinski definition) is 5. The Labute approximate surface area is 131 Å². The van der Waals surface area contributed by atoms with Crippen LogP contribution in [0.15, 0.2) is 16.3 Å². The molecule has 0 radical (unpaired) electrons. The van der Waals surface area contributed by atoms with E-state index in [-0.39, 0.29) is 6.10 Å². The highest BCUT2D eigenvalue weighted by atomic mass is 32.2. The Bertz CT molecular complexity index is 546. The van der Waals surface area contributed by atoms with Crippen molar-refractivity contribution in [3.63, 3.8) is 0 Å². The van der Waals surface area contributed by atoms with Gasteiger partial charge in [-0.1, -0.05) is 13.8 Å². The van der Waals surface area contributed by atoms with Gasteiger partial charge in [0.1, 0.15) is 0 Å². The van der Waals surface area contributed by atoms with Crippen molar-refractivity contribution in [3.05, 3.63) is 16.3 Å². The Kier molecular flexibility index (Phi) is 5.79. The van der Waals surface area contributed by atoms with Gasteiger partial charge in [-0.3, -0.25) is 0 Å². The maximum atomic E-state index is 12.8. The van der Waals surface area contributed by atoms with E-state index < -0.39 is 10.0 Å². The molecule has 0 amide bonds. The van der Waals surface area contributed by atoms with Gasteiger partial charge < -0.3 is 10.1 Å². The first-order valence-electron chi connectivity index (χ1n) is 7.28. The van der Waals surface area contributed by atoms with E-state index in [1.165, 1.54) is 11.3 Å². The minimum Gasteiger partial charge on any atom is -0.381 e. The van der Waals surface area contributed by atoms with Gasteiger partial charge in [0.2, 0.25) is 10.0 Å². The zero-order valence-electron chi connectivity index (χ0n) is 12.8. The molecule has 0 atom stereocenters. The number of sulfonamides is 1. The number of rotatable bonds is 6. The third-order valence-electron chi connectivity index (χ3n) is 3.73. The van der Waals surface area contributed by atoms with E-state index in [4.69, 9.17) is 4.74 Å². The van der Waals surface area contributed by atoms with Gasteiger partial charge in [0, 0.05) is 37.7 Å². The topological polar surface area (TPSA) is 58.6 Å². The number of nitrogens with zero attached hydrogens (tertiary/aromatic N) is 1. The average molecular weight is 332 g/mol. The molecule has 0 unspecified atom stereocenters.